The van der Waals surface area contributed by atoms with Gasteiger partial charge in [-0.1, -0.05) is 17.7 Å². The molecule has 112 valence electrons. The normalized spacial score (nSPS) is 18.3. The van der Waals surface area contributed by atoms with Crippen molar-refractivity contribution < 1.29 is 19.6 Å². The number of benzene rings is 1. The lowest BCUT2D eigenvalue weighted by molar-refractivity contribution is -0.384. The van der Waals surface area contributed by atoms with Crippen molar-refractivity contribution in [2.75, 3.05) is 13.1 Å². The van der Waals surface area contributed by atoms with E-state index in [0.29, 0.717) is 19.4 Å². The SMILES string of the molecule is O=C(O)C1CCCN(C(=O)c2cccc([N+](=O)[O-])c2Cl)C1. The van der Waals surface area contributed by atoms with Crippen LogP contribution < -0.4 is 0 Å². The van der Waals surface area contributed by atoms with Crippen molar-refractivity contribution in [3.05, 3.63) is 38.9 Å². The first-order valence-corrected chi connectivity index (χ1v) is 6.74. The summed E-state index contributed by atoms with van der Waals surface area (Å²) >= 11 is 5.91. The molecule has 1 aliphatic rings. The number of hydrogen-bond acceptors (Lipinski definition) is 4. The monoisotopic (exact) mass is 312 g/mol. The van der Waals surface area contributed by atoms with E-state index in [1.807, 2.05) is 0 Å². The number of nitro groups is 1. The van der Waals surface area contributed by atoms with Gasteiger partial charge in [0.25, 0.3) is 11.6 Å². The van der Waals surface area contributed by atoms with E-state index in [2.05, 4.69) is 0 Å². The third kappa shape index (κ3) is 3.13. The predicted octanol–water partition coefficient (Wildman–Crippen LogP) is 2.19. The Morgan fingerprint density at radius 1 is 1.43 bits per heavy atom. The van der Waals surface area contributed by atoms with Gasteiger partial charge in [0.1, 0.15) is 5.02 Å². The van der Waals surface area contributed by atoms with Gasteiger partial charge in [0.2, 0.25) is 0 Å². The van der Waals surface area contributed by atoms with Crippen molar-refractivity contribution in [2.24, 2.45) is 5.92 Å². The Morgan fingerprint density at radius 2 is 2.14 bits per heavy atom. The number of carbonyl (C=O) groups is 2. The number of nitrogens with zero attached hydrogens (tertiary/aromatic N) is 2. The van der Waals surface area contributed by atoms with E-state index in [4.69, 9.17) is 16.7 Å². The van der Waals surface area contributed by atoms with Gasteiger partial charge in [0, 0.05) is 19.2 Å². The molecule has 1 aromatic carbocycles. The predicted molar refractivity (Wildman–Crippen MR) is 74.4 cm³/mol. The smallest absolute Gasteiger partial charge is 0.308 e. The molecule has 8 heteroatoms. The minimum atomic E-state index is -0.947. The van der Waals surface area contributed by atoms with Gasteiger partial charge in [-0.15, -0.1) is 0 Å². The molecule has 1 amide bonds. The van der Waals surface area contributed by atoms with Crippen LogP contribution in [0, 0.1) is 16.0 Å². The molecule has 0 aromatic heterocycles. The van der Waals surface area contributed by atoms with Gasteiger partial charge in [0.15, 0.2) is 0 Å². The maximum atomic E-state index is 12.4. The molecule has 21 heavy (non-hydrogen) atoms. The Kier molecular flexibility index (Phi) is 4.42. The highest BCUT2D eigenvalue weighted by Crippen LogP contribution is 2.29. The van der Waals surface area contributed by atoms with Crippen LogP contribution in [0.1, 0.15) is 23.2 Å². The number of likely N-dealkylation sites (tertiary alicyclic amines) is 1. The average molecular weight is 313 g/mol. The number of carboxylic acids is 1. The number of piperidine rings is 1. The fourth-order valence-electron chi connectivity index (χ4n) is 2.36. The average Bonchev–Trinajstić information content (AvgIpc) is 2.46. The molecule has 1 heterocycles. The number of hydrogen-bond donors (Lipinski definition) is 1. The van der Waals surface area contributed by atoms with E-state index in [1.165, 1.54) is 23.1 Å². The molecule has 1 unspecified atom stereocenters. The van der Waals surface area contributed by atoms with E-state index >= 15 is 0 Å². The van der Waals surface area contributed by atoms with E-state index in [0.717, 1.165) is 0 Å². The second kappa shape index (κ2) is 6.09. The molecule has 0 saturated carbocycles. The van der Waals surface area contributed by atoms with Crippen molar-refractivity contribution in [1.29, 1.82) is 0 Å². The highest BCUT2D eigenvalue weighted by atomic mass is 35.5. The minimum Gasteiger partial charge on any atom is -0.481 e. The molecule has 0 bridgehead atoms. The van der Waals surface area contributed by atoms with Gasteiger partial charge in [-0.05, 0) is 18.9 Å². The number of amides is 1. The summed E-state index contributed by atoms with van der Waals surface area (Å²) < 4.78 is 0. The highest BCUT2D eigenvalue weighted by Gasteiger charge is 2.30. The quantitative estimate of drug-likeness (QED) is 0.681. The molecule has 1 aliphatic heterocycles. The van der Waals surface area contributed by atoms with Crippen LogP contribution in [0.25, 0.3) is 0 Å². The summed E-state index contributed by atoms with van der Waals surface area (Å²) in [6, 6.07) is 4.01. The lowest BCUT2D eigenvalue weighted by Gasteiger charge is -2.30. The van der Waals surface area contributed by atoms with Gasteiger partial charge in [-0.25, -0.2) is 0 Å². The van der Waals surface area contributed by atoms with Crippen LogP contribution in [0.3, 0.4) is 0 Å². The third-order valence-electron chi connectivity index (χ3n) is 3.46. The van der Waals surface area contributed by atoms with Crippen LogP contribution in [0.4, 0.5) is 5.69 Å². The van der Waals surface area contributed by atoms with Gasteiger partial charge in [-0.3, -0.25) is 19.7 Å². The van der Waals surface area contributed by atoms with Crippen LogP contribution >= 0.6 is 11.6 Å². The van der Waals surface area contributed by atoms with Crippen LogP contribution in [-0.4, -0.2) is 39.9 Å². The molecular weight excluding hydrogens is 300 g/mol. The molecule has 1 atom stereocenters. The second-order valence-corrected chi connectivity index (χ2v) is 5.20. The van der Waals surface area contributed by atoms with E-state index in [9.17, 15) is 19.7 Å². The van der Waals surface area contributed by atoms with E-state index in [1.54, 1.807) is 0 Å². The first kappa shape index (κ1) is 15.2. The van der Waals surface area contributed by atoms with Crippen LogP contribution in [0.2, 0.25) is 5.02 Å². The Labute approximate surface area is 125 Å². The standard InChI is InChI=1S/C13H13ClN2O5/c14-11-9(4-1-5-10(11)16(20)21)12(17)15-6-2-3-8(7-15)13(18)19/h1,4-5,8H,2-3,6-7H2,(H,18,19). The van der Waals surface area contributed by atoms with E-state index in [-0.39, 0.29) is 22.8 Å². The molecule has 0 aliphatic carbocycles. The maximum absolute atomic E-state index is 12.4. The molecule has 1 aromatic rings. The minimum absolute atomic E-state index is 0.0249. The van der Waals surface area contributed by atoms with Crippen LogP contribution in [0.5, 0.6) is 0 Å². The number of aliphatic carboxylic acids is 1. The Hall–Kier alpha value is -2.15. The summed E-state index contributed by atoms with van der Waals surface area (Å²) in [6.07, 6.45) is 1.09. The Bertz CT molecular complexity index is 604. The zero-order valence-corrected chi connectivity index (χ0v) is 11.7. The number of rotatable bonds is 3. The van der Waals surface area contributed by atoms with Gasteiger partial charge >= 0.3 is 5.97 Å². The van der Waals surface area contributed by atoms with Crippen molar-refractivity contribution in [3.63, 3.8) is 0 Å². The molecule has 1 N–H and O–H groups in total. The molecule has 2 rings (SSSR count). The van der Waals surface area contributed by atoms with E-state index < -0.39 is 22.7 Å². The van der Waals surface area contributed by atoms with Crippen molar-refractivity contribution in [3.8, 4) is 0 Å². The molecule has 0 radical (unpaired) electrons. The van der Waals surface area contributed by atoms with Crippen LogP contribution in [-0.2, 0) is 4.79 Å². The Balaban J connectivity index is 2.26. The zero-order chi connectivity index (χ0) is 15.6. The number of halogens is 1. The lowest BCUT2D eigenvalue weighted by Crippen LogP contribution is -2.42. The fraction of sp³-hybridized carbons (Fsp3) is 0.385. The summed E-state index contributed by atoms with van der Waals surface area (Å²) in [7, 11) is 0. The second-order valence-electron chi connectivity index (χ2n) is 4.82. The summed E-state index contributed by atoms with van der Waals surface area (Å²) in [5.74, 6) is -2.03. The number of nitro benzene ring substituents is 1. The maximum Gasteiger partial charge on any atom is 0.308 e. The molecule has 1 fully saturated rings. The van der Waals surface area contributed by atoms with Gasteiger partial charge < -0.3 is 10.0 Å². The Morgan fingerprint density at radius 3 is 2.76 bits per heavy atom. The lowest BCUT2D eigenvalue weighted by atomic mass is 9.97. The first-order valence-electron chi connectivity index (χ1n) is 6.36. The van der Waals surface area contributed by atoms with Crippen molar-refractivity contribution in [1.82, 2.24) is 4.90 Å². The number of carboxylic acid groups (broad SMARTS) is 1. The molecule has 0 spiro atoms. The largest absolute Gasteiger partial charge is 0.481 e. The van der Waals surface area contributed by atoms with Crippen molar-refractivity contribution >= 4 is 29.2 Å². The zero-order valence-electron chi connectivity index (χ0n) is 11.0. The summed E-state index contributed by atoms with van der Waals surface area (Å²) in [5.41, 5.74) is -0.314. The van der Waals surface area contributed by atoms with Crippen LogP contribution in [0.15, 0.2) is 18.2 Å². The molecular formula is C13H13ClN2O5. The third-order valence-corrected chi connectivity index (χ3v) is 3.86. The summed E-state index contributed by atoms with van der Waals surface area (Å²) in [4.78, 5) is 35.0. The summed E-state index contributed by atoms with van der Waals surface area (Å²) in [5, 5.41) is 19.6. The van der Waals surface area contributed by atoms with Gasteiger partial charge in [-0.2, -0.15) is 0 Å². The topological polar surface area (TPSA) is 101 Å². The molecule has 7 nitrogen and oxygen atoms in total. The number of carbonyl (C=O) groups excluding carboxylic acids is 1. The first-order chi connectivity index (χ1) is 9.91. The van der Waals surface area contributed by atoms with Gasteiger partial charge in [0.05, 0.1) is 16.4 Å². The highest BCUT2D eigenvalue weighted by molar-refractivity contribution is 6.35. The van der Waals surface area contributed by atoms with Crippen molar-refractivity contribution in [2.45, 2.75) is 12.8 Å². The molecule has 1 saturated heterocycles. The summed E-state index contributed by atoms with van der Waals surface area (Å²) in [6.45, 7) is 0.509. The fourth-order valence-corrected chi connectivity index (χ4v) is 2.64.